The largest absolute Gasteiger partial charge is 0.316 e. The van der Waals surface area contributed by atoms with Crippen molar-refractivity contribution in [2.75, 3.05) is 7.05 Å². The van der Waals surface area contributed by atoms with Crippen molar-refractivity contribution in [1.82, 2.24) is 5.32 Å². The SMILES string of the molecule is C/C1=C/C/C=C\CC=C1F.CNCc1ccccc1Cl.O=Cc1ccc2c(c1)N=Cc1ccccc1S2. The second-order valence-corrected chi connectivity index (χ2v) is 9.74. The first-order valence-electron chi connectivity index (χ1n) is 12.0. The Morgan fingerprint density at radius 3 is 2.49 bits per heavy atom. The summed E-state index contributed by atoms with van der Waals surface area (Å²) in [7, 11) is 1.91. The number of carbonyl (C=O) groups is 1. The lowest BCUT2D eigenvalue weighted by atomic mass is 10.1. The summed E-state index contributed by atoms with van der Waals surface area (Å²) in [6, 6.07) is 21.5. The molecular weight excluding hydrogens is 503 g/mol. The van der Waals surface area contributed by atoms with Crippen LogP contribution in [-0.2, 0) is 6.54 Å². The molecule has 190 valence electrons. The maximum absolute atomic E-state index is 12.8. The van der Waals surface area contributed by atoms with Gasteiger partial charge in [-0.15, -0.1) is 0 Å². The van der Waals surface area contributed by atoms with Crippen molar-refractivity contribution in [3.8, 4) is 0 Å². The van der Waals surface area contributed by atoms with Gasteiger partial charge in [0.25, 0.3) is 0 Å². The molecule has 0 saturated carbocycles. The first-order valence-corrected chi connectivity index (χ1v) is 13.2. The second-order valence-electron chi connectivity index (χ2n) is 8.25. The summed E-state index contributed by atoms with van der Waals surface area (Å²) in [5.74, 6) is -0.0793. The van der Waals surface area contributed by atoms with Gasteiger partial charge in [0.05, 0.1) is 5.69 Å². The Morgan fingerprint density at radius 2 is 1.73 bits per heavy atom. The number of aldehydes is 1. The topological polar surface area (TPSA) is 41.5 Å². The van der Waals surface area contributed by atoms with E-state index in [1.165, 1.54) is 4.90 Å². The van der Waals surface area contributed by atoms with Crippen LogP contribution in [0.5, 0.6) is 0 Å². The van der Waals surface area contributed by atoms with E-state index in [0.717, 1.165) is 58.0 Å². The number of halogens is 2. The molecule has 0 aromatic heterocycles. The molecule has 3 nitrogen and oxygen atoms in total. The Hall–Kier alpha value is -3.25. The van der Waals surface area contributed by atoms with E-state index in [4.69, 9.17) is 11.6 Å². The summed E-state index contributed by atoms with van der Waals surface area (Å²) in [6.45, 7) is 2.63. The highest BCUT2D eigenvalue weighted by Crippen LogP contribution is 2.39. The Balaban J connectivity index is 0.000000165. The van der Waals surface area contributed by atoms with Gasteiger partial charge >= 0.3 is 0 Å². The van der Waals surface area contributed by atoms with Crippen molar-refractivity contribution in [3.63, 3.8) is 0 Å². The molecule has 1 aliphatic carbocycles. The molecule has 2 aliphatic rings. The van der Waals surface area contributed by atoms with Gasteiger partial charge in [0.2, 0.25) is 0 Å². The van der Waals surface area contributed by atoms with Crippen molar-refractivity contribution >= 4 is 41.6 Å². The number of nitrogens with one attached hydrogen (secondary N) is 1. The van der Waals surface area contributed by atoms with Crippen molar-refractivity contribution in [1.29, 1.82) is 0 Å². The maximum atomic E-state index is 12.8. The molecule has 0 radical (unpaired) electrons. The van der Waals surface area contributed by atoms with Gasteiger partial charge in [-0.1, -0.05) is 84.1 Å². The zero-order valence-corrected chi connectivity index (χ0v) is 22.5. The first-order chi connectivity index (χ1) is 18.0. The molecule has 0 amide bonds. The lowest BCUT2D eigenvalue weighted by Crippen LogP contribution is -2.04. The van der Waals surface area contributed by atoms with E-state index in [9.17, 15) is 9.18 Å². The second kappa shape index (κ2) is 15.1. The zero-order chi connectivity index (χ0) is 26.5. The fourth-order valence-corrected chi connectivity index (χ4v) is 4.61. The van der Waals surface area contributed by atoms with Crippen LogP contribution in [0.25, 0.3) is 0 Å². The Labute approximate surface area is 227 Å². The number of rotatable bonds is 3. The molecule has 5 rings (SSSR count). The van der Waals surface area contributed by atoms with Crippen LogP contribution >= 0.6 is 23.4 Å². The van der Waals surface area contributed by atoms with Crippen LogP contribution in [0.2, 0.25) is 5.02 Å². The van der Waals surface area contributed by atoms with E-state index >= 15 is 0 Å². The average molecular weight is 533 g/mol. The minimum absolute atomic E-state index is 0.0793. The Bertz CT molecular complexity index is 1310. The van der Waals surface area contributed by atoms with Gasteiger partial charge in [0, 0.05) is 38.7 Å². The van der Waals surface area contributed by atoms with Crippen molar-refractivity contribution in [2.45, 2.75) is 36.1 Å². The number of aliphatic imine (C=N–C) groups is 1. The third-order valence-electron chi connectivity index (χ3n) is 5.46. The van der Waals surface area contributed by atoms with E-state index < -0.39 is 0 Å². The number of hydrogen-bond donors (Lipinski definition) is 1. The van der Waals surface area contributed by atoms with Gasteiger partial charge in [0.15, 0.2) is 0 Å². The molecule has 6 heteroatoms. The average Bonchev–Trinajstić information content (AvgIpc) is 3.10. The monoisotopic (exact) mass is 532 g/mol. The summed E-state index contributed by atoms with van der Waals surface area (Å²) >= 11 is 7.54. The molecule has 1 N–H and O–H groups in total. The summed E-state index contributed by atoms with van der Waals surface area (Å²) in [5.41, 5.74) is 4.53. The van der Waals surface area contributed by atoms with E-state index in [1.807, 2.05) is 92.2 Å². The van der Waals surface area contributed by atoms with Gasteiger partial charge in [-0.2, -0.15) is 0 Å². The van der Waals surface area contributed by atoms with Gasteiger partial charge < -0.3 is 5.32 Å². The first kappa shape index (κ1) is 28.3. The van der Waals surface area contributed by atoms with E-state index in [1.54, 1.807) is 24.8 Å². The van der Waals surface area contributed by atoms with Gasteiger partial charge in [-0.3, -0.25) is 9.79 Å². The molecule has 3 aromatic rings. The molecule has 0 unspecified atom stereocenters. The highest BCUT2D eigenvalue weighted by atomic mass is 35.5. The summed E-state index contributed by atoms with van der Waals surface area (Å²) in [6.07, 6.45) is 11.8. The molecule has 3 aromatic carbocycles. The van der Waals surface area contributed by atoms with Gasteiger partial charge in [0.1, 0.15) is 12.1 Å². The van der Waals surface area contributed by atoms with E-state index in [0.29, 0.717) is 5.56 Å². The Morgan fingerprint density at radius 1 is 1.00 bits per heavy atom. The minimum atomic E-state index is -0.0793. The number of allylic oxidation sites excluding steroid dienone is 6. The highest BCUT2D eigenvalue weighted by Gasteiger charge is 2.10. The summed E-state index contributed by atoms with van der Waals surface area (Å²) in [4.78, 5) is 17.4. The molecular formula is C31H30ClFN2OS. The molecule has 0 bridgehead atoms. The number of benzene rings is 3. The predicted molar refractivity (Wildman–Crippen MR) is 155 cm³/mol. The zero-order valence-electron chi connectivity index (χ0n) is 21.0. The predicted octanol–water partition coefficient (Wildman–Crippen LogP) is 8.91. The summed E-state index contributed by atoms with van der Waals surface area (Å²) in [5, 5.41) is 3.87. The molecule has 0 fully saturated rings. The lowest BCUT2D eigenvalue weighted by Gasteiger charge is -2.04. The number of fused-ring (bicyclic) bond motifs is 2. The standard InChI is InChI=1S/C14H9NOS.C9H11F.C8H10ClN/c16-9-10-5-6-14-12(7-10)15-8-11-3-1-2-4-13(11)17-14;1-8-6-4-2-3-5-7-9(8)10;1-10-6-7-4-2-3-5-8(7)9/h1-9H;2-3,6-7H,4-5H2,1H3;2-5,10H,6H2,1H3/b;3-2-,8-6-,9-7?;. The smallest absolute Gasteiger partial charge is 0.150 e. The van der Waals surface area contributed by atoms with Crippen LogP contribution in [-0.4, -0.2) is 19.5 Å². The molecule has 1 aliphatic heterocycles. The molecule has 0 saturated heterocycles. The van der Waals surface area contributed by atoms with Crippen LogP contribution in [0.3, 0.4) is 0 Å². The fraction of sp³-hybridized carbons (Fsp3) is 0.161. The molecule has 1 heterocycles. The summed E-state index contributed by atoms with van der Waals surface area (Å²) < 4.78 is 12.8. The van der Waals surface area contributed by atoms with Gasteiger partial charge in [-0.25, -0.2) is 4.39 Å². The molecule has 0 atom stereocenters. The van der Waals surface area contributed by atoms with Crippen LogP contribution < -0.4 is 5.32 Å². The highest BCUT2D eigenvalue weighted by molar-refractivity contribution is 7.99. The third-order valence-corrected chi connectivity index (χ3v) is 6.99. The van der Waals surface area contributed by atoms with Crippen LogP contribution in [0.4, 0.5) is 10.1 Å². The number of carbonyl (C=O) groups excluding carboxylic acids is 1. The van der Waals surface area contributed by atoms with E-state index in [-0.39, 0.29) is 5.83 Å². The van der Waals surface area contributed by atoms with Crippen molar-refractivity contribution < 1.29 is 9.18 Å². The quantitative estimate of drug-likeness (QED) is 0.211. The van der Waals surface area contributed by atoms with Crippen molar-refractivity contribution in [3.05, 3.63) is 124 Å². The van der Waals surface area contributed by atoms with Crippen LogP contribution in [0.1, 0.15) is 41.3 Å². The molecule has 0 spiro atoms. The van der Waals surface area contributed by atoms with E-state index in [2.05, 4.69) is 16.4 Å². The molecule has 37 heavy (non-hydrogen) atoms. The fourth-order valence-electron chi connectivity index (χ4n) is 3.43. The van der Waals surface area contributed by atoms with Crippen molar-refractivity contribution in [2.24, 2.45) is 4.99 Å². The maximum Gasteiger partial charge on any atom is 0.150 e. The van der Waals surface area contributed by atoms with Crippen LogP contribution in [0.15, 0.2) is 117 Å². The normalized spacial score (nSPS) is 15.8. The van der Waals surface area contributed by atoms with Crippen LogP contribution in [0, 0.1) is 0 Å². The minimum Gasteiger partial charge on any atom is -0.316 e. The number of hydrogen-bond acceptors (Lipinski definition) is 4. The third kappa shape index (κ3) is 8.97. The lowest BCUT2D eigenvalue weighted by molar-refractivity contribution is 0.112. The van der Waals surface area contributed by atoms with Gasteiger partial charge in [-0.05, 0) is 68.3 Å². The number of nitrogens with zero attached hydrogens (tertiary/aromatic N) is 1. The Kier molecular flexibility index (Phi) is 11.6.